The largest absolute Gasteiger partial charge is 0.473 e. The van der Waals surface area contributed by atoms with Crippen molar-refractivity contribution in [3.63, 3.8) is 0 Å². The molecule has 158 valence electrons. The van der Waals surface area contributed by atoms with Crippen LogP contribution in [0.3, 0.4) is 0 Å². The number of aromatic nitrogens is 2. The number of aryl methyl sites for hydroxylation is 1. The number of benzene rings is 2. The lowest BCUT2D eigenvalue weighted by atomic mass is 10.2. The summed E-state index contributed by atoms with van der Waals surface area (Å²) in [6.07, 6.45) is 8.90. The van der Waals surface area contributed by atoms with E-state index in [1.165, 1.54) is 23.0 Å². The molecule has 0 aliphatic heterocycles. The summed E-state index contributed by atoms with van der Waals surface area (Å²) >= 11 is 3.37. The summed E-state index contributed by atoms with van der Waals surface area (Å²) in [4.78, 5) is 28.6. The molecule has 0 atom stereocenters. The molecule has 0 unspecified atom stereocenters. The second-order valence-corrected chi connectivity index (χ2v) is 7.52. The van der Waals surface area contributed by atoms with Crippen LogP contribution in [0.25, 0.3) is 10.9 Å². The van der Waals surface area contributed by atoms with Gasteiger partial charge < -0.3 is 4.74 Å². The van der Waals surface area contributed by atoms with Crippen LogP contribution in [0.2, 0.25) is 0 Å². The first kappa shape index (κ1) is 22.2. The molecule has 0 fully saturated rings. The smallest absolute Gasteiger partial charge is 0.311 e. The van der Waals surface area contributed by atoms with E-state index in [9.17, 15) is 14.9 Å². The molecule has 31 heavy (non-hydrogen) atoms. The highest BCUT2D eigenvalue weighted by Gasteiger charge is 2.18. The predicted molar refractivity (Wildman–Crippen MR) is 123 cm³/mol. The molecule has 1 heterocycles. The van der Waals surface area contributed by atoms with Crippen LogP contribution < -0.4 is 10.3 Å². The number of hydrogen-bond donors (Lipinski definition) is 0. The Labute approximate surface area is 186 Å². The molecule has 9 heteroatoms. The van der Waals surface area contributed by atoms with Gasteiger partial charge >= 0.3 is 5.69 Å². The highest BCUT2D eigenvalue weighted by atomic mass is 79.9. The zero-order chi connectivity index (χ0) is 22.4. The lowest BCUT2D eigenvalue weighted by molar-refractivity contribution is -0.385. The minimum atomic E-state index is -0.558. The van der Waals surface area contributed by atoms with E-state index in [0.717, 1.165) is 17.3 Å². The van der Waals surface area contributed by atoms with E-state index in [1.54, 1.807) is 18.2 Å². The SMILES string of the molecule is C#CCOc1c(C=Nn2c(CCCC)nc3ccc(Br)cc3c2=O)cccc1[N+](=O)[O-]. The fraction of sp³-hybridized carbons (Fsp3) is 0.227. The van der Waals surface area contributed by atoms with Gasteiger partial charge in [-0.2, -0.15) is 9.78 Å². The standard InChI is InChI=1S/C22H19BrN4O4/c1-3-5-9-20-25-18-11-10-16(23)13-17(18)22(28)26(20)24-14-15-7-6-8-19(27(29)30)21(15)31-12-4-2/h2,6-8,10-11,13-14H,3,5,9,12H2,1H3. The molecule has 2 aromatic carbocycles. The molecule has 1 aromatic heterocycles. The van der Waals surface area contributed by atoms with Gasteiger partial charge in [0.05, 0.1) is 22.0 Å². The number of nitrogens with zero attached hydrogens (tertiary/aromatic N) is 4. The summed E-state index contributed by atoms with van der Waals surface area (Å²) in [6.45, 7) is 1.90. The number of hydrogen-bond acceptors (Lipinski definition) is 6. The summed E-state index contributed by atoms with van der Waals surface area (Å²) < 4.78 is 7.38. The molecule has 0 N–H and O–H groups in total. The molecule has 0 aliphatic rings. The maximum Gasteiger partial charge on any atom is 0.311 e. The van der Waals surface area contributed by atoms with Crippen molar-refractivity contribution >= 4 is 38.7 Å². The third-order valence-corrected chi connectivity index (χ3v) is 4.96. The van der Waals surface area contributed by atoms with Gasteiger partial charge in [-0.3, -0.25) is 14.9 Å². The minimum Gasteiger partial charge on any atom is -0.473 e. The number of rotatable bonds is 8. The quantitative estimate of drug-likeness (QED) is 0.206. The molecule has 0 saturated carbocycles. The van der Waals surface area contributed by atoms with Crippen LogP contribution in [0, 0.1) is 22.5 Å². The van der Waals surface area contributed by atoms with Gasteiger partial charge in [-0.1, -0.05) is 41.3 Å². The average molecular weight is 483 g/mol. The van der Waals surface area contributed by atoms with E-state index >= 15 is 0 Å². The van der Waals surface area contributed by atoms with E-state index in [0.29, 0.717) is 28.7 Å². The van der Waals surface area contributed by atoms with Crippen molar-refractivity contribution in [3.8, 4) is 18.1 Å². The third-order valence-electron chi connectivity index (χ3n) is 4.46. The van der Waals surface area contributed by atoms with E-state index in [2.05, 4.69) is 31.9 Å². The first-order valence-corrected chi connectivity index (χ1v) is 10.3. The van der Waals surface area contributed by atoms with Gasteiger partial charge in [0.25, 0.3) is 5.56 Å². The lowest BCUT2D eigenvalue weighted by Crippen LogP contribution is -2.22. The minimum absolute atomic E-state index is 0.00569. The zero-order valence-corrected chi connectivity index (χ0v) is 18.3. The van der Waals surface area contributed by atoms with Crippen molar-refractivity contribution in [2.24, 2.45) is 5.10 Å². The number of unbranched alkanes of at least 4 members (excludes halogenated alkanes) is 1. The maximum atomic E-state index is 13.1. The molecule has 0 aliphatic carbocycles. The molecule has 0 amide bonds. The summed E-state index contributed by atoms with van der Waals surface area (Å²) in [7, 11) is 0. The maximum absolute atomic E-state index is 13.1. The highest BCUT2D eigenvalue weighted by molar-refractivity contribution is 9.10. The highest BCUT2D eigenvalue weighted by Crippen LogP contribution is 2.30. The number of halogens is 1. The Kier molecular flexibility index (Phi) is 7.15. The van der Waals surface area contributed by atoms with Gasteiger partial charge in [-0.15, -0.1) is 6.42 Å². The van der Waals surface area contributed by atoms with Crippen LogP contribution >= 0.6 is 15.9 Å². The van der Waals surface area contributed by atoms with Crippen LogP contribution in [0.4, 0.5) is 5.69 Å². The molecule has 3 aromatic rings. The predicted octanol–water partition coefficient (Wildman–Crippen LogP) is 4.30. The van der Waals surface area contributed by atoms with E-state index < -0.39 is 4.92 Å². The van der Waals surface area contributed by atoms with Crippen molar-refractivity contribution in [1.29, 1.82) is 0 Å². The number of para-hydroxylation sites is 1. The molecular weight excluding hydrogens is 464 g/mol. The Bertz CT molecular complexity index is 1260. The molecular formula is C22H19BrN4O4. The van der Waals surface area contributed by atoms with Gasteiger partial charge in [-0.05, 0) is 30.7 Å². The molecule has 0 radical (unpaired) electrons. The summed E-state index contributed by atoms with van der Waals surface area (Å²) in [5, 5.41) is 16.1. The normalized spacial score (nSPS) is 11.0. The van der Waals surface area contributed by atoms with Gasteiger partial charge in [0, 0.05) is 22.5 Å². The van der Waals surface area contributed by atoms with E-state index in [4.69, 9.17) is 11.2 Å². The van der Waals surface area contributed by atoms with Gasteiger partial charge in [0.2, 0.25) is 5.75 Å². The number of nitro benzene ring substituents is 1. The summed E-state index contributed by atoms with van der Waals surface area (Å²) in [6, 6.07) is 9.72. The Balaban J connectivity index is 2.15. The first-order valence-electron chi connectivity index (χ1n) is 9.55. The van der Waals surface area contributed by atoms with Crippen LogP contribution in [0.5, 0.6) is 5.75 Å². The van der Waals surface area contributed by atoms with Crippen LogP contribution in [0.1, 0.15) is 31.2 Å². The van der Waals surface area contributed by atoms with Crippen LogP contribution in [-0.2, 0) is 6.42 Å². The molecule has 3 rings (SSSR count). The zero-order valence-electron chi connectivity index (χ0n) is 16.7. The van der Waals surface area contributed by atoms with Crippen molar-refractivity contribution in [2.75, 3.05) is 6.61 Å². The van der Waals surface area contributed by atoms with Gasteiger partial charge in [0.15, 0.2) is 0 Å². The van der Waals surface area contributed by atoms with Crippen molar-refractivity contribution in [2.45, 2.75) is 26.2 Å². The molecule has 8 nitrogen and oxygen atoms in total. The van der Waals surface area contributed by atoms with Crippen LogP contribution in [-0.4, -0.2) is 27.4 Å². The van der Waals surface area contributed by atoms with Gasteiger partial charge in [-0.25, -0.2) is 4.98 Å². The second-order valence-electron chi connectivity index (χ2n) is 6.60. The number of terminal acetylenes is 1. The number of ether oxygens (including phenoxy) is 1. The molecule has 0 spiro atoms. The molecule has 0 bridgehead atoms. The number of fused-ring (bicyclic) bond motifs is 1. The molecule has 0 saturated heterocycles. The van der Waals surface area contributed by atoms with Crippen molar-refractivity contribution in [1.82, 2.24) is 9.66 Å². The van der Waals surface area contributed by atoms with Gasteiger partial charge in [0.1, 0.15) is 12.4 Å². The Morgan fingerprint density at radius 3 is 2.90 bits per heavy atom. The average Bonchev–Trinajstić information content (AvgIpc) is 2.76. The summed E-state index contributed by atoms with van der Waals surface area (Å²) in [5.74, 6) is 2.79. The fourth-order valence-corrected chi connectivity index (χ4v) is 3.35. The second kappa shape index (κ2) is 10.00. The Morgan fingerprint density at radius 2 is 2.19 bits per heavy atom. The number of nitro groups is 1. The van der Waals surface area contributed by atoms with E-state index in [1.807, 2.05) is 13.0 Å². The van der Waals surface area contributed by atoms with Crippen molar-refractivity contribution in [3.05, 3.63) is 72.7 Å². The monoisotopic (exact) mass is 482 g/mol. The topological polar surface area (TPSA) is 99.6 Å². The first-order chi connectivity index (χ1) is 15.0. The van der Waals surface area contributed by atoms with E-state index in [-0.39, 0.29) is 23.6 Å². The summed E-state index contributed by atoms with van der Waals surface area (Å²) in [5.41, 5.74) is 0.342. The lowest BCUT2D eigenvalue weighted by Gasteiger charge is -2.10. The third kappa shape index (κ3) is 4.98. The van der Waals surface area contributed by atoms with Crippen molar-refractivity contribution < 1.29 is 9.66 Å². The Morgan fingerprint density at radius 1 is 1.39 bits per heavy atom. The Hall–Kier alpha value is -3.51. The van der Waals surface area contributed by atoms with Crippen LogP contribution in [0.15, 0.2) is 50.8 Å². The fourth-order valence-electron chi connectivity index (χ4n) is 2.99.